The van der Waals surface area contributed by atoms with Gasteiger partial charge in [0.25, 0.3) is 0 Å². The molecule has 3 N–H and O–H groups in total. The molecule has 0 aliphatic heterocycles. The van der Waals surface area contributed by atoms with Crippen LogP contribution in [0.4, 0.5) is 5.69 Å². The largest absolute Gasteiger partial charge is 0.337 e. The fourth-order valence-corrected chi connectivity index (χ4v) is 3.97. The maximum atomic E-state index is 12.4. The number of carbonyl (C=O) groups is 1. The van der Waals surface area contributed by atoms with E-state index in [1.165, 1.54) is 0 Å². The molecular formula is C27H23N9O. The Morgan fingerprint density at radius 2 is 1.81 bits per heavy atom. The third-order valence-electron chi connectivity index (χ3n) is 5.97. The minimum absolute atomic E-state index is 0.0819. The number of imidazole rings is 1. The molecule has 6 aromatic heterocycles. The second-order valence-corrected chi connectivity index (χ2v) is 9.72. The van der Waals surface area contributed by atoms with E-state index in [4.69, 9.17) is 4.98 Å². The number of hydrogen-bond donors (Lipinski definition) is 3. The maximum absolute atomic E-state index is 12.4. The van der Waals surface area contributed by atoms with Crippen molar-refractivity contribution in [2.24, 2.45) is 5.41 Å². The number of nitrogens with one attached hydrogen (secondary N) is 3. The Hall–Kier alpha value is -4.99. The molecule has 0 fully saturated rings. The second-order valence-electron chi connectivity index (χ2n) is 9.72. The number of carbonyl (C=O) groups excluding carboxylic acids is 1. The lowest BCUT2D eigenvalue weighted by atomic mass is 9.95. The lowest BCUT2D eigenvalue weighted by Crippen LogP contribution is -2.27. The Labute approximate surface area is 211 Å². The minimum atomic E-state index is -0.513. The van der Waals surface area contributed by atoms with Crippen LogP contribution < -0.4 is 5.32 Å². The predicted molar refractivity (Wildman–Crippen MR) is 141 cm³/mol. The average Bonchev–Trinajstić information content (AvgIpc) is 3.52. The SMILES string of the molecule is CC(C)(C)C(=O)Nc1cncc(-c2cnc3n[nH]c(-c4nc5c(-c6ccccn6)nccc5[nH]4)c3c2)c1. The molecule has 6 rings (SSSR count). The molecule has 0 aliphatic rings. The molecule has 0 saturated carbocycles. The fourth-order valence-electron chi connectivity index (χ4n) is 3.97. The molecule has 0 aliphatic carbocycles. The van der Waals surface area contributed by atoms with Crippen molar-refractivity contribution in [3.8, 4) is 34.0 Å². The average molecular weight is 490 g/mol. The summed E-state index contributed by atoms with van der Waals surface area (Å²) in [5, 5.41) is 11.2. The van der Waals surface area contributed by atoms with Crippen LogP contribution in [0.3, 0.4) is 0 Å². The number of pyridine rings is 4. The lowest BCUT2D eigenvalue weighted by Gasteiger charge is -2.17. The van der Waals surface area contributed by atoms with Gasteiger partial charge in [-0.15, -0.1) is 0 Å². The van der Waals surface area contributed by atoms with E-state index in [0.29, 0.717) is 28.5 Å². The highest BCUT2D eigenvalue weighted by Gasteiger charge is 2.21. The van der Waals surface area contributed by atoms with Crippen molar-refractivity contribution in [1.29, 1.82) is 0 Å². The summed E-state index contributed by atoms with van der Waals surface area (Å²) >= 11 is 0. The molecule has 1 amide bonds. The number of aromatic amines is 2. The van der Waals surface area contributed by atoms with E-state index in [0.717, 1.165) is 33.2 Å². The minimum Gasteiger partial charge on any atom is -0.337 e. The van der Waals surface area contributed by atoms with Gasteiger partial charge in [0.1, 0.15) is 16.9 Å². The number of nitrogens with zero attached hydrogens (tertiary/aromatic N) is 6. The number of amides is 1. The quantitative estimate of drug-likeness (QED) is 0.317. The van der Waals surface area contributed by atoms with Crippen molar-refractivity contribution in [3.63, 3.8) is 0 Å². The normalized spacial score (nSPS) is 11.8. The van der Waals surface area contributed by atoms with Crippen molar-refractivity contribution in [3.05, 3.63) is 67.4 Å². The van der Waals surface area contributed by atoms with E-state index in [9.17, 15) is 4.79 Å². The smallest absolute Gasteiger partial charge is 0.229 e. The van der Waals surface area contributed by atoms with Crippen LogP contribution in [0.25, 0.3) is 56.1 Å². The molecule has 0 saturated heterocycles. The Morgan fingerprint density at radius 1 is 0.946 bits per heavy atom. The molecule has 0 radical (unpaired) electrons. The van der Waals surface area contributed by atoms with E-state index >= 15 is 0 Å². The van der Waals surface area contributed by atoms with Crippen molar-refractivity contribution in [2.45, 2.75) is 20.8 Å². The van der Waals surface area contributed by atoms with Crippen LogP contribution in [-0.4, -0.2) is 46.0 Å². The van der Waals surface area contributed by atoms with Crippen LogP contribution in [0.15, 0.2) is 67.4 Å². The zero-order valence-electron chi connectivity index (χ0n) is 20.4. The van der Waals surface area contributed by atoms with Gasteiger partial charge in [-0.25, -0.2) is 9.97 Å². The second kappa shape index (κ2) is 8.59. The Kier molecular flexibility index (Phi) is 5.22. The lowest BCUT2D eigenvalue weighted by molar-refractivity contribution is -0.123. The molecule has 37 heavy (non-hydrogen) atoms. The van der Waals surface area contributed by atoms with Crippen molar-refractivity contribution in [1.82, 2.24) is 40.1 Å². The summed E-state index contributed by atoms with van der Waals surface area (Å²) in [4.78, 5) is 38.4. The zero-order chi connectivity index (χ0) is 25.6. The molecule has 182 valence electrons. The van der Waals surface area contributed by atoms with Gasteiger partial charge in [0.15, 0.2) is 11.5 Å². The summed E-state index contributed by atoms with van der Waals surface area (Å²) in [6.45, 7) is 5.60. The predicted octanol–water partition coefficient (Wildman–Crippen LogP) is 5.00. The number of fused-ring (bicyclic) bond motifs is 2. The summed E-state index contributed by atoms with van der Waals surface area (Å²) < 4.78 is 0. The summed E-state index contributed by atoms with van der Waals surface area (Å²) in [5.41, 5.74) is 6.03. The topological polar surface area (TPSA) is 138 Å². The Balaban J connectivity index is 1.40. The van der Waals surface area contributed by atoms with E-state index in [1.807, 2.05) is 57.2 Å². The first-order valence-corrected chi connectivity index (χ1v) is 11.7. The molecule has 0 bridgehead atoms. The highest BCUT2D eigenvalue weighted by atomic mass is 16.2. The Morgan fingerprint density at radius 3 is 2.62 bits per heavy atom. The number of anilines is 1. The zero-order valence-corrected chi connectivity index (χ0v) is 20.4. The van der Waals surface area contributed by atoms with Gasteiger partial charge in [-0.1, -0.05) is 26.8 Å². The van der Waals surface area contributed by atoms with Crippen LogP contribution in [0.1, 0.15) is 20.8 Å². The standard InChI is InChI=1S/C27H23N9O/c1-27(2,3)26(37)32-17-10-15(12-28-14-17)16-11-18-21(35-36-24(18)31-13-16)25-33-20-7-9-30-22(23(20)34-25)19-6-4-5-8-29-19/h4-14H,1-3H3,(H,32,37)(H,33,34)(H,31,35,36). The number of aromatic nitrogens is 8. The van der Waals surface area contributed by atoms with Gasteiger partial charge in [-0.3, -0.25) is 24.8 Å². The van der Waals surface area contributed by atoms with Gasteiger partial charge < -0.3 is 10.3 Å². The molecule has 0 spiro atoms. The van der Waals surface area contributed by atoms with E-state index in [2.05, 4.69) is 40.4 Å². The van der Waals surface area contributed by atoms with E-state index in [1.54, 1.807) is 31.0 Å². The first-order valence-electron chi connectivity index (χ1n) is 11.7. The first-order chi connectivity index (χ1) is 17.9. The monoisotopic (exact) mass is 489 g/mol. The summed E-state index contributed by atoms with van der Waals surface area (Å²) in [5.74, 6) is 0.535. The highest BCUT2D eigenvalue weighted by molar-refractivity contribution is 5.97. The summed E-state index contributed by atoms with van der Waals surface area (Å²) in [6.07, 6.45) is 8.57. The van der Waals surface area contributed by atoms with Crippen molar-refractivity contribution < 1.29 is 4.79 Å². The number of H-pyrrole nitrogens is 2. The number of hydrogen-bond acceptors (Lipinski definition) is 7. The van der Waals surface area contributed by atoms with Gasteiger partial charge in [0, 0.05) is 41.3 Å². The van der Waals surface area contributed by atoms with Crippen LogP contribution in [0, 0.1) is 5.41 Å². The van der Waals surface area contributed by atoms with Gasteiger partial charge in [-0.2, -0.15) is 5.10 Å². The molecule has 10 nitrogen and oxygen atoms in total. The van der Waals surface area contributed by atoms with Crippen molar-refractivity contribution >= 4 is 33.7 Å². The number of rotatable bonds is 4. The van der Waals surface area contributed by atoms with Crippen molar-refractivity contribution in [2.75, 3.05) is 5.32 Å². The van der Waals surface area contributed by atoms with Gasteiger partial charge in [-0.05, 0) is 30.3 Å². The Bertz CT molecular complexity index is 1760. The van der Waals surface area contributed by atoms with Crippen LogP contribution in [0.2, 0.25) is 0 Å². The van der Waals surface area contributed by atoms with Crippen LogP contribution in [-0.2, 0) is 4.79 Å². The molecule has 6 heterocycles. The molecule has 0 unspecified atom stereocenters. The van der Waals surface area contributed by atoms with E-state index < -0.39 is 5.41 Å². The van der Waals surface area contributed by atoms with Gasteiger partial charge in [0.05, 0.1) is 28.5 Å². The van der Waals surface area contributed by atoms with Gasteiger partial charge >= 0.3 is 0 Å². The molecule has 0 atom stereocenters. The van der Waals surface area contributed by atoms with Crippen LogP contribution >= 0.6 is 0 Å². The van der Waals surface area contributed by atoms with Gasteiger partial charge in [0.2, 0.25) is 5.91 Å². The molecule has 10 heteroatoms. The summed E-state index contributed by atoms with van der Waals surface area (Å²) in [7, 11) is 0. The molecular weight excluding hydrogens is 466 g/mol. The summed E-state index contributed by atoms with van der Waals surface area (Å²) in [6, 6.07) is 11.4. The fraction of sp³-hybridized carbons (Fsp3) is 0.148. The molecule has 6 aromatic rings. The maximum Gasteiger partial charge on any atom is 0.229 e. The van der Waals surface area contributed by atoms with Crippen LogP contribution in [0.5, 0.6) is 0 Å². The highest BCUT2D eigenvalue weighted by Crippen LogP contribution is 2.31. The third-order valence-corrected chi connectivity index (χ3v) is 5.97. The molecule has 0 aromatic carbocycles. The van der Waals surface area contributed by atoms with E-state index in [-0.39, 0.29) is 5.91 Å². The third kappa shape index (κ3) is 4.18. The first kappa shape index (κ1) is 22.5.